The number of piperidine rings is 1. The second-order valence-corrected chi connectivity index (χ2v) is 7.94. The molecule has 3 nitrogen and oxygen atoms in total. The second kappa shape index (κ2) is 8.62. The Hall–Kier alpha value is -2.91. The highest BCUT2D eigenvalue weighted by molar-refractivity contribution is 6.12. The zero-order valence-electron chi connectivity index (χ0n) is 17.0. The molecule has 148 valence electrons. The van der Waals surface area contributed by atoms with Gasteiger partial charge in [0.15, 0.2) is 5.78 Å². The summed E-state index contributed by atoms with van der Waals surface area (Å²) in [4.78, 5) is 15.8. The Kier molecular flexibility index (Phi) is 5.77. The first-order valence-corrected chi connectivity index (χ1v) is 10.4. The molecule has 1 heterocycles. The van der Waals surface area contributed by atoms with Crippen molar-refractivity contribution in [1.82, 2.24) is 5.32 Å². The average Bonchev–Trinajstić information content (AvgIpc) is 2.79. The van der Waals surface area contributed by atoms with Crippen LogP contribution in [0.1, 0.15) is 47.7 Å². The first kappa shape index (κ1) is 19.4. The van der Waals surface area contributed by atoms with Crippen LogP contribution in [0, 0.1) is 0 Å². The summed E-state index contributed by atoms with van der Waals surface area (Å²) in [6, 6.07) is 28.1. The van der Waals surface area contributed by atoms with Crippen molar-refractivity contribution < 1.29 is 4.79 Å². The number of nitrogens with zero attached hydrogens (tertiary/aromatic N) is 1. The van der Waals surface area contributed by atoms with Crippen molar-refractivity contribution in [2.75, 3.05) is 11.4 Å². The molecule has 4 rings (SSSR count). The van der Waals surface area contributed by atoms with E-state index in [-0.39, 0.29) is 11.4 Å². The molecule has 1 aliphatic rings. The van der Waals surface area contributed by atoms with E-state index in [0.717, 1.165) is 36.3 Å². The Balaban J connectivity index is 1.77. The van der Waals surface area contributed by atoms with Crippen LogP contribution in [0.25, 0.3) is 0 Å². The number of benzene rings is 3. The summed E-state index contributed by atoms with van der Waals surface area (Å²) < 4.78 is 0. The molecule has 0 saturated carbocycles. The first-order valence-electron chi connectivity index (χ1n) is 10.4. The lowest BCUT2D eigenvalue weighted by atomic mass is 9.93. The third-order valence-electron chi connectivity index (χ3n) is 5.85. The maximum atomic E-state index is 13.4. The fraction of sp³-hybridized carbons (Fsp3) is 0.269. The van der Waals surface area contributed by atoms with E-state index in [2.05, 4.69) is 47.5 Å². The van der Waals surface area contributed by atoms with E-state index >= 15 is 0 Å². The molecule has 1 fully saturated rings. The third-order valence-corrected chi connectivity index (χ3v) is 5.85. The molecule has 1 N–H and O–H groups in total. The van der Waals surface area contributed by atoms with Gasteiger partial charge in [-0.1, -0.05) is 72.8 Å². The van der Waals surface area contributed by atoms with Gasteiger partial charge in [-0.2, -0.15) is 0 Å². The number of carbonyl (C=O) groups is 1. The average molecular weight is 385 g/mol. The van der Waals surface area contributed by atoms with Gasteiger partial charge in [-0.15, -0.1) is 0 Å². The molecule has 0 aliphatic carbocycles. The first-order chi connectivity index (χ1) is 14.2. The molecule has 0 spiro atoms. The predicted octanol–water partition coefficient (Wildman–Crippen LogP) is 5.41. The summed E-state index contributed by atoms with van der Waals surface area (Å²) in [5.41, 5.74) is 3.51. The van der Waals surface area contributed by atoms with Crippen LogP contribution in [0.5, 0.6) is 0 Å². The Morgan fingerprint density at radius 1 is 0.897 bits per heavy atom. The molecular weight excluding hydrogens is 356 g/mol. The van der Waals surface area contributed by atoms with E-state index in [9.17, 15) is 4.79 Å². The predicted molar refractivity (Wildman–Crippen MR) is 119 cm³/mol. The van der Waals surface area contributed by atoms with Gasteiger partial charge < -0.3 is 4.90 Å². The van der Waals surface area contributed by atoms with E-state index in [1.54, 1.807) is 0 Å². The maximum absolute atomic E-state index is 13.4. The standard InChI is InChI=1S/C26H28N2O/c1-26(18-10-11-19-27-26)28(20-21-12-4-2-5-13-21)24-17-9-8-16-23(24)25(29)22-14-6-3-7-15-22/h2-9,12-17,27H,10-11,18-20H2,1H3. The topological polar surface area (TPSA) is 32.3 Å². The van der Waals surface area contributed by atoms with Crippen LogP contribution >= 0.6 is 0 Å². The summed E-state index contributed by atoms with van der Waals surface area (Å²) in [5.74, 6) is 0.0682. The van der Waals surface area contributed by atoms with E-state index in [1.165, 1.54) is 18.4 Å². The lowest BCUT2D eigenvalue weighted by Gasteiger charge is -2.47. The number of ketones is 1. The van der Waals surface area contributed by atoms with Crippen molar-refractivity contribution in [3.05, 3.63) is 102 Å². The molecule has 0 amide bonds. The minimum atomic E-state index is -0.193. The van der Waals surface area contributed by atoms with Gasteiger partial charge in [-0.05, 0) is 50.4 Å². The molecule has 1 aliphatic heterocycles. The van der Waals surface area contributed by atoms with Crippen LogP contribution in [0.2, 0.25) is 0 Å². The van der Waals surface area contributed by atoms with Crippen LogP contribution in [-0.2, 0) is 6.54 Å². The van der Waals surface area contributed by atoms with Crippen LogP contribution in [-0.4, -0.2) is 18.0 Å². The molecule has 3 heteroatoms. The lowest BCUT2D eigenvalue weighted by Crippen LogP contribution is -2.59. The highest BCUT2D eigenvalue weighted by Gasteiger charge is 2.35. The van der Waals surface area contributed by atoms with Crippen molar-refractivity contribution in [3.63, 3.8) is 0 Å². The monoisotopic (exact) mass is 384 g/mol. The normalized spacial score (nSPS) is 18.9. The zero-order chi connectivity index (χ0) is 20.1. The molecule has 0 bridgehead atoms. The number of hydrogen-bond donors (Lipinski definition) is 1. The summed E-state index contributed by atoms with van der Waals surface area (Å²) in [6.45, 7) is 4.01. The second-order valence-electron chi connectivity index (χ2n) is 7.94. The van der Waals surface area contributed by atoms with Crippen LogP contribution in [0.15, 0.2) is 84.9 Å². The summed E-state index contributed by atoms with van der Waals surface area (Å²) in [6.07, 6.45) is 3.43. The summed E-state index contributed by atoms with van der Waals surface area (Å²) in [5, 5.41) is 3.73. The maximum Gasteiger partial charge on any atom is 0.195 e. The molecule has 1 saturated heterocycles. The summed E-state index contributed by atoms with van der Waals surface area (Å²) >= 11 is 0. The highest BCUT2D eigenvalue weighted by atomic mass is 16.1. The fourth-order valence-corrected chi connectivity index (χ4v) is 4.21. The van der Waals surface area contributed by atoms with Crippen molar-refractivity contribution in [2.24, 2.45) is 0 Å². The molecule has 29 heavy (non-hydrogen) atoms. The largest absolute Gasteiger partial charge is 0.349 e. The van der Waals surface area contributed by atoms with Gasteiger partial charge in [0.05, 0.1) is 5.66 Å². The molecular formula is C26H28N2O. The Morgan fingerprint density at radius 2 is 1.55 bits per heavy atom. The van der Waals surface area contributed by atoms with Gasteiger partial charge in [-0.3, -0.25) is 10.1 Å². The quantitative estimate of drug-likeness (QED) is 0.577. The van der Waals surface area contributed by atoms with Crippen LogP contribution < -0.4 is 10.2 Å². The Labute approximate surface area is 173 Å². The number of hydrogen-bond acceptors (Lipinski definition) is 3. The fourth-order valence-electron chi connectivity index (χ4n) is 4.21. The van der Waals surface area contributed by atoms with Gasteiger partial charge in [0.1, 0.15) is 0 Å². The van der Waals surface area contributed by atoms with Crippen molar-refractivity contribution in [1.29, 1.82) is 0 Å². The SMILES string of the molecule is CC1(N(Cc2ccccc2)c2ccccc2C(=O)c2ccccc2)CCCCN1. The minimum absolute atomic E-state index is 0.0682. The number of rotatable bonds is 6. The van der Waals surface area contributed by atoms with Crippen LogP contribution in [0.4, 0.5) is 5.69 Å². The van der Waals surface area contributed by atoms with E-state index in [1.807, 2.05) is 54.6 Å². The zero-order valence-corrected chi connectivity index (χ0v) is 17.0. The number of para-hydroxylation sites is 1. The number of carbonyl (C=O) groups excluding carboxylic acids is 1. The van der Waals surface area contributed by atoms with Crippen molar-refractivity contribution in [3.8, 4) is 0 Å². The Morgan fingerprint density at radius 3 is 2.24 bits per heavy atom. The van der Waals surface area contributed by atoms with E-state index in [4.69, 9.17) is 0 Å². The van der Waals surface area contributed by atoms with Gasteiger partial charge in [-0.25, -0.2) is 0 Å². The smallest absolute Gasteiger partial charge is 0.195 e. The molecule has 1 atom stereocenters. The number of nitrogens with one attached hydrogen (secondary N) is 1. The van der Waals surface area contributed by atoms with Gasteiger partial charge in [0, 0.05) is 23.4 Å². The minimum Gasteiger partial charge on any atom is -0.349 e. The van der Waals surface area contributed by atoms with Gasteiger partial charge in [0.2, 0.25) is 0 Å². The molecule has 0 aromatic heterocycles. The summed E-state index contributed by atoms with van der Waals surface area (Å²) in [7, 11) is 0. The highest BCUT2D eigenvalue weighted by Crippen LogP contribution is 2.34. The van der Waals surface area contributed by atoms with E-state index in [0.29, 0.717) is 0 Å². The lowest BCUT2D eigenvalue weighted by molar-refractivity contribution is 0.103. The number of anilines is 1. The van der Waals surface area contributed by atoms with Crippen molar-refractivity contribution >= 4 is 11.5 Å². The van der Waals surface area contributed by atoms with Crippen molar-refractivity contribution in [2.45, 2.75) is 38.4 Å². The molecule has 1 unspecified atom stereocenters. The Bertz CT molecular complexity index is 947. The van der Waals surface area contributed by atoms with Gasteiger partial charge >= 0.3 is 0 Å². The van der Waals surface area contributed by atoms with Gasteiger partial charge in [0.25, 0.3) is 0 Å². The molecule has 3 aromatic carbocycles. The molecule has 0 radical (unpaired) electrons. The van der Waals surface area contributed by atoms with E-state index < -0.39 is 0 Å². The van der Waals surface area contributed by atoms with Crippen LogP contribution in [0.3, 0.4) is 0 Å². The molecule has 3 aromatic rings. The third kappa shape index (κ3) is 4.25.